The summed E-state index contributed by atoms with van der Waals surface area (Å²) in [5, 5.41) is 4.71. The SMILES string of the molecule is COc1ccc(C(=O)Nc2nc(C(=O)N(C)c3ccccc3)cs2)cc1. The highest BCUT2D eigenvalue weighted by Gasteiger charge is 2.18. The molecule has 0 atom stereocenters. The molecule has 26 heavy (non-hydrogen) atoms. The molecule has 0 aliphatic rings. The summed E-state index contributed by atoms with van der Waals surface area (Å²) in [6.45, 7) is 0. The van der Waals surface area contributed by atoms with E-state index < -0.39 is 0 Å². The lowest BCUT2D eigenvalue weighted by atomic mass is 10.2. The van der Waals surface area contributed by atoms with Crippen molar-refractivity contribution in [2.45, 2.75) is 0 Å². The highest BCUT2D eigenvalue weighted by Crippen LogP contribution is 2.20. The second-order valence-corrected chi connectivity index (χ2v) is 6.28. The second-order valence-electron chi connectivity index (χ2n) is 5.42. The zero-order valence-corrected chi connectivity index (χ0v) is 15.1. The number of thiazole rings is 1. The van der Waals surface area contributed by atoms with Crippen LogP contribution in [0.15, 0.2) is 60.0 Å². The third-order valence-electron chi connectivity index (χ3n) is 3.74. The van der Waals surface area contributed by atoms with Gasteiger partial charge in [0.1, 0.15) is 11.4 Å². The molecular formula is C19H17N3O3S. The second kappa shape index (κ2) is 7.79. The first-order valence-electron chi connectivity index (χ1n) is 7.82. The van der Waals surface area contributed by atoms with Crippen molar-refractivity contribution >= 4 is 34.0 Å². The Balaban J connectivity index is 1.69. The Bertz CT molecular complexity index is 907. The lowest BCUT2D eigenvalue weighted by Crippen LogP contribution is -2.26. The fourth-order valence-corrected chi connectivity index (χ4v) is 2.96. The third kappa shape index (κ3) is 3.89. The van der Waals surface area contributed by atoms with E-state index in [0.717, 1.165) is 5.69 Å². The van der Waals surface area contributed by atoms with Crippen molar-refractivity contribution in [3.63, 3.8) is 0 Å². The quantitative estimate of drug-likeness (QED) is 0.747. The van der Waals surface area contributed by atoms with E-state index in [1.807, 2.05) is 30.3 Å². The van der Waals surface area contributed by atoms with Gasteiger partial charge in [0.2, 0.25) is 0 Å². The van der Waals surface area contributed by atoms with Gasteiger partial charge in [-0.2, -0.15) is 0 Å². The van der Waals surface area contributed by atoms with Gasteiger partial charge in [-0.05, 0) is 36.4 Å². The average Bonchev–Trinajstić information content (AvgIpc) is 3.16. The van der Waals surface area contributed by atoms with Crippen LogP contribution in [0.25, 0.3) is 0 Å². The highest BCUT2D eigenvalue weighted by molar-refractivity contribution is 7.14. The Morgan fingerprint density at radius 3 is 2.42 bits per heavy atom. The third-order valence-corrected chi connectivity index (χ3v) is 4.50. The summed E-state index contributed by atoms with van der Waals surface area (Å²) >= 11 is 1.21. The van der Waals surface area contributed by atoms with Gasteiger partial charge >= 0.3 is 0 Å². The number of nitrogens with zero attached hydrogens (tertiary/aromatic N) is 2. The Kier molecular flexibility index (Phi) is 5.28. The van der Waals surface area contributed by atoms with Crippen molar-refractivity contribution in [2.75, 3.05) is 24.4 Å². The van der Waals surface area contributed by atoms with Crippen LogP contribution in [0.2, 0.25) is 0 Å². The van der Waals surface area contributed by atoms with Crippen LogP contribution in [0.5, 0.6) is 5.75 Å². The molecule has 3 aromatic rings. The van der Waals surface area contributed by atoms with E-state index in [1.165, 1.54) is 16.2 Å². The topological polar surface area (TPSA) is 71.5 Å². The lowest BCUT2D eigenvalue weighted by molar-refractivity contribution is 0.0986. The number of methoxy groups -OCH3 is 1. The van der Waals surface area contributed by atoms with Crippen LogP contribution in [-0.2, 0) is 0 Å². The van der Waals surface area contributed by atoms with Crippen LogP contribution in [0.1, 0.15) is 20.8 Å². The molecule has 6 nitrogen and oxygen atoms in total. The lowest BCUT2D eigenvalue weighted by Gasteiger charge is -2.15. The van der Waals surface area contributed by atoms with Gasteiger partial charge in [0.05, 0.1) is 7.11 Å². The van der Waals surface area contributed by atoms with E-state index in [0.29, 0.717) is 16.4 Å². The number of hydrogen-bond acceptors (Lipinski definition) is 5. The molecule has 1 aromatic heterocycles. The normalized spacial score (nSPS) is 10.2. The number of anilines is 2. The Hall–Kier alpha value is -3.19. The summed E-state index contributed by atoms with van der Waals surface area (Å²) in [4.78, 5) is 30.5. The summed E-state index contributed by atoms with van der Waals surface area (Å²) in [7, 11) is 3.25. The van der Waals surface area contributed by atoms with E-state index >= 15 is 0 Å². The van der Waals surface area contributed by atoms with Crippen LogP contribution in [-0.4, -0.2) is 31.0 Å². The van der Waals surface area contributed by atoms with Crippen LogP contribution >= 0.6 is 11.3 Å². The number of aromatic nitrogens is 1. The van der Waals surface area contributed by atoms with Crippen molar-refractivity contribution in [2.24, 2.45) is 0 Å². The van der Waals surface area contributed by atoms with E-state index in [1.54, 1.807) is 43.8 Å². The van der Waals surface area contributed by atoms with Crippen molar-refractivity contribution in [1.82, 2.24) is 4.98 Å². The number of carbonyl (C=O) groups excluding carboxylic acids is 2. The number of amides is 2. The van der Waals surface area contributed by atoms with Crippen molar-refractivity contribution in [1.29, 1.82) is 0 Å². The molecule has 0 bridgehead atoms. The zero-order chi connectivity index (χ0) is 18.5. The molecule has 132 valence electrons. The first-order valence-corrected chi connectivity index (χ1v) is 8.70. The fraction of sp³-hybridized carbons (Fsp3) is 0.105. The molecule has 1 heterocycles. The zero-order valence-electron chi connectivity index (χ0n) is 14.3. The van der Waals surface area contributed by atoms with Crippen LogP contribution in [0.4, 0.5) is 10.8 Å². The van der Waals surface area contributed by atoms with E-state index in [2.05, 4.69) is 10.3 Å². The largest absolute Gasteiger partial charge is 0.497 e. The van der Waals surface area contributed by atoms with Gasteiger partial charge in [-0.3, -0.25) is 14.9 Å². The molecule has 7 heteroatoms. The van der Waals surface area contributed by atoms with E-state index in [4.69, 9.17) is 4.74 Å². The van der Waals surface area contributed by atoms with Gasteiger partial charge in [0, 0.05) is 23.7 Å². The van der Waals surface area contributed by atoms with E-state index in [-0.39, 0.29) is 17.5 Å². The number of nitrogens with one attached hydrogen (secondary N) is 1. The summed E-state index contributed by atoms with van der Waals surface area (Å²) < 4.78 is 5.07. The summed E-state index contributed by atoms with van der Waals surface area (Å²) in [5.74, 6) is 0.141. The molecule has 2 aromatic carbocycles. The summed E-state index contributed by atoms with van der Waals surface area (Å²) in [6.07, 6.45) is 0. The minimum atomic E-state index is -0.294. The monoisotopic (exact) mass is 367 g/mol. The molecule has 0 saturated carbocycles. The molecule has 2 amide bonds. The average molecular weight is 367 g/mol. The molecule has 0 unspecified atom stereocenters. The molecular weight excluding hydrogens is 350 g/mol. The smallest absolute Gasteiger partial charge is 0.277 e. The van der Waals surface area contributed by atoms with Gasteiger partial charge in [0.25, 0.3) is 11.8 Å². The summed E-state index contributed by atoms with van der Waals surface area (Å²) in [5.41, 5.74) is 1.54. The van der Waals surface area contributed by atoms with Crippen molar-refractivity contribution < 1.29 is 14.3 Å². The standard InChI is InChI=1S/C19H17N3O3S/c1-22(14-6-4-3-5-7-14)18(24)16-12-26-19(20-16)21-17(23)13-8-10-15(25-2)11-9-13/h3-12H,1-2H3,(H,20,21,23). The minimum absolute atomic E-state index is 0.239. The molecule has 0 saturated heterocycles. The molecule has 0 aliphatic carbocycles. The number of hydrogen-bond donors (Lipinski definition) is 1. The number of para-hydroxylation sites is 1. The molecule has 1 N–H and O–H groups in total. The minimum Gasteiger partial charge on any atom is -0.497 e. The number of ether oxygens (including phenoxy) is 1. The van der Waals surface area contributed by atoms with Crippen LogP contribution in [0, 0.1) is 0 Å². The molecule has 3 rings (SSSR count). The Morgan fingerprint density at radius 2 is 1.77 bits per heavy atom. The van der Waals surface area contributed by atoms with Crippen LogP contribution in [0.3, 0.4) is 0 Å². The summed E-state index contributed by atoms with van der Waals surface area (Å²) in [6, 6.07) is 16.0. The molecule has 0 spiro atoms. The number of rotatable bonds is 5. The van der Waals surface area contributed by atoms with Gasteiger partial charge in [-0.15, -0.1) is 11.3 Å². The van der Waals surface area contributed by atoms with Crippen molar-refractivity contribution in [3.8, 4) is 5.75 Å². The van der Waals surface area contributed by atoms with Crippen molar-refractivity contribution in [3.05, 3.63) is 71.2 Å². The Morgan fingerprint density at radius 1 is 1.08 bits per heavy atom. The van der Waals surface area contributed by atoms with Gasteiger partial charge < -0.3 is 9.64 Å². The van der Waals surface area contributed by atoms with Gasteiger partial charge in [-0.1, -0.05) is 18.2 Å². The Labute approximate surface area is 155 Å². The molecule has 0 fully saturated rings. The number of benzene rings is 2. The first kappa shape index (κ1) is 17.6. The maximum Gasteiger partial charge on any atom is 0.277 e. The van der Waals surface area contributed by atoms with Gasteiger partial charge in [-0.25, -0.2) is 4.98 Å². The highest BCUT2D eigenvalue weighted by atomic mass is 32.1. The molecule has 0 radical (unpaired) electrons. The predicted molar refractivity (Wildman–Crippen MR) is 102 cm³/mol. The number of carbonyl (C=O) groups is 2. The van der Waals surface area contributed by atoms with Gasteiger partial charge in [0.15, 0.2) is 5.13 Å². The van der Waals surface area contributed by atoms with E-state index in [9.17, 15) is 9.59 Å². The fourth-order valence-electron chi connectivity index (χ4n) is 2.28. The molecule has 0 aliphatic heterocycles. The maximum absolute atomic E-state index is 12.5. The van der Waals surface area contributed by atoms with Crippen LogP contribution < -0.4 is 15.0 Å². The maximum atomic E-state index is 12.5. The predicted octanol–water partition coefficient (Wildman–Crippen LogP) is 3.68. The first-order chi connectivity index (χ1) is 12.6.